The van der Waals surface area contributed by atoms with Crippen LogP contribution in [0.4, 0.5) is 10.5 Å². The van der Waals surface area contributed by atoms with Gasteiger partial charge in [-0.2, -0.15) is 0 Å². The summed E-state index contributed by atoms with van der Waals surface area (Å²) in [7, 11) is 0. The smallest absolute Gasteiger partial charge is 0.332 e. The van der Waals surface area contributed by atoms with E-state index in [1.165, 1.54) is 4.90 Å². The van der Waals surface area contributed by atoms with E-state index in [1.54, 1.807) is 24.0 Å². The third-order valence-corrected chi connectivity index (χ3v) is 4.23. The SMILES string of the molecule is C[C@@H]1C(=O)N(CC(=O)N2CCCC2)C(=O)N1c1ccccc1. The molecule has 0 N–H and O–H groups in total. The minimum atomic E-state index is -0.582. The summed E-state index contributed by atoms with van der Waals surface area (Å²) < 4.78 is 0. The van der Waals surface area contributed by atoms with Gasteiger partial charge in [0.05, 0.1) is 0 Å². The highest BCUT2D eigenvalue weighted by atomic mass is 16.2. The van der Waals surface area contributed by atoms with E-state index in [4.69, 9.17) is 0 Å². The molecule has 0 aliphatic carbocycles. The summed E-state index contributed by atoms with van der Waals surface area (Å²) in [5.41, 5.74) is 0.671. The highest BCUT2D eigenvalue weighted by Crippen LogP contribution is 2.25. The highest BCUT2D eigenvalue weighted by Gasteiger charge is 2.44. The molecule has 6 heteroatoms. The van der Waals surface area contributed by atoms with Gasteiger partial charge in [0.15, 0.2) is 0 Å². The molecule has 0 aromatic heterocycles. The molecule has 1 aromatic carbocycles. The van der Waals surface area contributed by atoms with Crippen LogP contribution in [0.15, 0.2) is 30.3 Å². The van der Waals surface area contributed by atoms with Crippen molar-refractivity contribution in [1.82, 2.24) is 9.80 Å². The van der Waals surface area contributed by atoms with Gasteiger partial charge in [0.25, 0.3) is 5.91 Å². The Morgan fingerprint density at radius 3 is 2.41 bits per heavy atom. The Morgan fingerprint density at radius 2 is 1.77 bits per heavy atom. The summed E-state index contributed by atoms with van der Waals surface area (Å²) in [6.45, 7) is 2.96. The standard InChI is InChI=1S/C16H19N3O3/c1-12-15(21)18(11-14(20)17-9-5-6-10-17)16(22)19(12)13-7-3-2-4-8-13/h2-4,7-8,12H,5-6,9-11H2,1H3/t12-/m1/s1. The maximum absolute atomic E-state index is 12.5. The van der Waals surface area contributed by atoms with Gasteiger partial charge in [-0.1, -0.05) is 18.2 Å². The fourth-order valence-corrected chi connectivity index (χ4v) is 3.00. The van der Waals surface area contributed by atoms with Crippen molar-refractivity contribution in [3.05, 3.63) is 30.3 Å². The van der Waals surface area contributed by atoms with Gasteiger partial charge in [0, 0.05) is 18.8 Å². The van der Waals surface area contributed by atoms with Crippen molar-refractivity contribution in [2.45, 2.75) is 25.8 Å². The summed E-state index contributed by atoms with van der Waals surface area (Å²) in [6, 6.07) is 8.06. The summed E-state index contributed by atoms with van der Waals surface area (Å²) in [4.78, 5) is 41.3. The van der Waals surface area contributed by atoms with Crippen LogP contribution >= 0.6 is 0 Å². The lowest BCUT2D eigenvalue weighted by atomic mass is 10.2. The average molecular weight is 301 g/mol. The molecule has 2 fully saturated rings. The Kier molecular flexibility index (Phi) is 3.83. The summed E-state index contributed by atoms with van der Waals surface area (Å²) in [5, 5.41) is 0. The van der Waals surface area contributed by atoms with Gasteiger partial charge in [-0.25, -0.2) is 4.79 Å². The largest absolute Gasteiger partial charge is 0.341 e. The van der Waals surface area contributed by atoms with E-state index in [9.17, 15) is 14.4 Å². The van der Waals surface area contributed by atoms with Crippen molar-refractivity contribution in [3.8, 4) is 0 Å². The lowest BCUT2D eigenvalue weighted by Crippen LogP contribution is -2.42. The minimum Gasteiger partial charge on any atom is -0.341 e. The third-order valence-electron chi connectivity index (χ3n) is 4.23. The highest BCUT2D eigenvalue weighted by molar-refractivity contribution is 6.15. The molecular weight excluding hydrogens is 282 g/mol. The molecule has 3 rings (SSSR count). The number of benzene rings is 1. The predicted octanol–water partition coefficient (Wildman–Crippen LogP) is 1.47. The number of carbonyl (C=O) groups excluding carboxylic acids is 3. The Morgan fingerprint density at radius 1 is 1.14 bits per heavy atom. The zero-order valence-electron chi connectivity index (χ0n) is 12.6. The summed E-state index contributed by atoms with van der Waals surface area (Å²) in [6.07, 6.45) is 1.97. The number of likely N-dealkylation sites (tertiary alicyclic amines) is 1. The zero-order valence-corrected chi connectivity index (χ0v) is 12.6. The Labute approximate surface area is 129 Å². The van der Waals surface area contributed by atoms with E-state index >= 15 is 0 Å². The molecule has 0 radical (unpaired) electrons. The molecule has 2 aliphatic rings. The monoisotopic (exact) mass is 301 g/mol. The lowest BCUT2D eigenvalue weighted by Gasteiger charge is -2.20. The van der Waals surface area contributed by atoms with E-state index in [1.807, 2.05) is 18.2 Å². The van der Waals surface area contributed by atoms with E-state index in [2.05, 4.69) is 0 Å². The van der Waals surface area contributed by atoms with Crippen LogP contribution in [0, 0.1) is 0 Å². The van der Waals surface area contributed by atoms with Gasteiger partial charge >= 0.3 is 6.03 Å². The van der Waals surface area contributed by atoms with Crippen LogP contribution in [-0.2, 0) is 9.59 Å². The minimum absolute atomic E-state index is 0.152. The number of anilines is 1. The van der Waals surface area contributed by atoms with Crippen molar-refractivity contribution in [3.63, 3.8) is 0 Å². The van der Waals surface area contributed by atoms with Crippen molar-refractivity contribution >= 4 is 23.5 Å². The lowest BCUT2D eigenvalue weighted by molar-refractivity contribution is -0.136. The van der Waals surface area contributed by atoms with Gasteiger partial charge in [-0.15, -0.1) is 0 Å². The number of amides is 4. The van der Waals surface area contributed by atoms with Crippen LogP contribution in [0.2, 0.25) is 0 Å². The quantitative estimate of drug-likeness (QED) is 0.794. The van der Waals surface area contributed by atoms with Crippen LogP contribution in [-0.4, -0.2) is 53.3 Å². The fraction of sp³-hybridized carbons (Fsp3) is 0.438. The number of hydrogen-bond donors (Lipinski definition) is 0. The number of rotatable bonds is 3. The van der Waals surface area contributed by atoms with Gasteiger partial charge < -0.3 is 4.90 Å². The molecule has 116 valence electrons. The molecule has 2 saturated heterocycles. The molecule has 0 saturated carbocycles. The van der Waals surface area contributed by atoms with Crippen molar-refractivity contribution in [1.29, 1.82) is 0 Å². The van der Waals surface area contributed by atoms with E-state index in [0.717, 1.165) is 17.7 Å². The van der Waals surface area contributed by atoms with Crippen LogP contribution in [0.25, 0.3) is 0 Å². The normalized spacial score (nSPS) is 21.9. The predicted molar refractivity (Wildman–Crippen MR) is 81.3 cm³/mol. The second kappa shape index (κ2) is 5.79. The van der Waals surface area contributed by atoms with E-state index in [-0.39, 0.29) is 18.4 Å². The second-order valence-corrected chi connectivity index (χ2v) is 5.68. The zero-order chi connectivity index (χ0) is 15.7. The van der Waals surface area contributed by atoms with E-state index in [0.29, 0.717) is 18.8 Å². The average Bonchev–Trinajstić information content (AvgIpc) is 3.13. The van der Waals surface area contributed by atoms with Gasteiger partial charge in [0.2, 0.25) is 5.91 Å². The number of para-hydroxylation sites is 1. The van der Waals surface area contributed by atoms with Crippen molar-refractivity contribution in [2.24, 2.45) is 0 Å². The molecular formula is C16H19N3O3. The van der Waals surface area contributed by atoms with Gasteiger partial charge in [0.1, 0.15) is 12.6 Å². The summed E-state index contributed by atoms with van der Waals surface area (Å²) in [5.74, 6) is -0.470. The van der Waals surface area contributed by atoms with Crippen LogP contribution in [0.3, 0.4) is 0 Å². The first-order chi connectivity index (χ1) is 10.6. The van der Waals surface area contributed by atoms with E-state index < -0.39 is 12.1 Å². The molecule has 2 aliphatic heterocycles. The van der Waals surface area contributed by atoms with Crippen LogP contribution in [0.1, 0.15) is 19.8 Å². The Balaban J connectivity index is 1.77. The van der Waals surface area contributed by atoms with Crippen molar-refractivity contribution in [2.75, 3.05) is 24.5 Å². The van der Waals surface area contributed by atoms with Gasteiger partial charge in [-0.3, -0.25) is 19.4 Å². The van der Waals surface area contributed by atoms with Crippen molar-refractivity contribution < 1.29 is 14.4 Å². The summed E-state index contributed by atoms with van der Waals surface area (Å²) >= 11 is 0. The molecule has 2 heterocycles. The number of urea groups is 1. The van der Waals surface area contributed by atoms with Crippen LogP contribution < -0.4 is 4.90 Å². The maximum atomic E-state index is 12.5. The number of nitrogens with zero attached hydrogens (tertiary/aromatic N) is 3. The van der Waals surface area contributed by atoms with Crippen LogP contribution in [0.5, 0.6) is 0 Å². The fourth-order valence-electron chi connectivity index (χ4n) is 3.00. The first kappa shape index (κ1) is 14.6. The van der Waals surface area contributed by atoms with Gasteiger partial charge in [-0.05, 0) is 31.9 Å². The third kappa shape index (κ3) is 2.45. The number of carbonyl (C=O) groups is 3. The molecule has 22 heavy (non-hydrogen) atoms. The maximum Gasteiger partial charge on any atom is 0.332 e. The first-order valence-electron chi connectivity index (χ1n) is 7.57. The topological polar surface area (TPSA) is 60.9 Å². The molecule has 0 unspecified atom stereocenters. The number of imide groups is 1. The number of hydrogen-bond acceptors (Lipinski definition) is 3. The molecule has 1 aromatic rings. The Bertz CT molecular complexity index is 596. The second-order valence-electron chi connectivity index (χ2n) is 5.68. The molecule has 1 atom stereocenters. The first-order valence-corrected chi connectivity index (χ1v) is 7.57. The Hall–Kier alpha value is -2.37. The molecule has 4 amide bonds. The molecule has 0 bridgehead atoms. The molecule has 6 nitrogen and oxygen atoms in total. The molecule has 0 spiro atoms.